The third kappa shape index (κ3) is 3.52. The monoisotopic (exact) mass is 299 g/mol. The molecule has 2 aromatic rings. The molecule has 0 amide bonds. The van der Waals surface area contributed by atoms with Crippen molar-refractivity contribution in [3.63, 3.8) is 0 Å². The number of nitrogens with two attached hydrogens (primary N) is 1. The van der Waals surface area contributed by atoms with E-state index in [1.165, 1.54) is 5.56 Å². The second-order valence-electron chi connectivity index (χ2n) is 5.35. The Hall–Kier alpha value is -2.20. The molecular formula is C18H21NO3. The van der Waals surface area contributed by atoms with E-state index in [2.05, 4.69) is 24.3 Å². The van der Waals surface area contributed by atoms with E-state index in [0.717, 1.165) is 30.1 Å². The molecule has 0 aliphatic carbocycles. The van der Waals surface area contributed by atoms with E-state index in [1.807, 2.05) is 24.3 Å². The summed E-state index contributed by atoms with van der Waals surface area (Å²) in [4.78, 5) is 0. The van der Waals surface area contributed by atoms with E-state index >= 15 is 0 Å². The van der Waals surface area contributed by atoms with Crippen LogP contribution in [0.25, 0.3) is 0 Å². The maximum Gasteiger partial charge on any atom is 0.231 e. The second kappa shape index (κ2) is 7.18. The molecule has 1 aliphatic rings. The van der Waals surface area contributed by atoms with Gasteiger partial charge in [-0.05, 0) is 43.0 Å². The number of rotatable bonds is 7. The lowest BCUT2D eigenvalue weighted by Crippen LogP contribution is -2.13. The van der Waals surface area contributed by atoms with Crippen molar-refractivity contribution in [2.45, 2.75) is 18.8 Å². The molecule has 22 heavy (non-hydrogen) atoms. The highest BCUT2D eigenvalue weighted by molar-refractivity contribution is 5.46. The minimum absolute atomic E-state index is 0.286. The van der Waals surface area contributed by atoms with Gasteiger partial charge in [-0.2, -0.15) is 0 Å². The van der Waals surface area contributed by atoms with Crippen molar-refractivity contribution in [1.29, 1.82) is 0 Å². The van der Waals surface area contributed by atoms with Crippen LogP contribution in [0, 0.1) is 0 Å². The topological polar surface area (TPSA) is 53.7 Å². The molecule has 0 radical (unpaired) electrons. The van der Waals surface area contributed by atoms with Gasteiger partial charge in [0, 0.05) is 6.07 Å². The van der Waals surface area contributed by atoms with E-state index < -0.39 is 0 Å². The third-order valence-corrected chi connectivity index (χ3v) is 3.87. The molecule has 0 fully saturated rings. The predicted octanol–water partition coefficient (Wildman–Crippen LogP) is 3.32. The number of hydrogen-bond donors (Lipinski definition) is 1. The number of hydrogen-bond acceptors (Lipinski definition) is 4. The van der Waals surface area contributed by atoms with E-state index in [4.69, 9.17) is 19.9 Å². The fourth-order valence-electron chi connectivity index (χ4n) is 2.63. The van der Waals surface area contributed by atoms with Crippen LogP contribution in [0.5, 0.6) is 17.2 Å². The maximum atomic E-state index is 5.89. The Morgan fingerprint density at radius 2 is 1.86 bits per heavy atom. The van der Waals surface area contributed by atoms with Crippen LogP contribution in [0.2, 0.25) is 0 Å². The fraction of sp³-hybridized carbons (Fsp3) is 0.333. The van der Waals surface area contributed by atoms with E-state index in [0.29, 0.717) is 19.1 Å². The van der Waals surface area contributed by atoms with Crippen molar-refractivity contribution in [3.8, 4) is 17.2 Å². The van der Waals surface area contributed by atoms with E-state index in [9.17, 15) is 0 Å². The summed E-state index contributed by atoms with van der Waals surface area (Å²) in [5, 5.41) is 0. The molecule has 0 aromatic heterocycles. The highest BCUT2D eigenvalue weighted by atomic mass is 16.7. The Balaban J connectivity index is 1.47. The van der Waals surface area contributed by atoms with Gasteiger partial charge in [0.2, 0.25) is 6.79 Å². The number of benzene rings is 2. The molecule has 4 nitrogen and oxygen atoms in total. The molecule has 2 aromatic carbocycles. The summed E-state index contributed by atoms with van der Waals surface area (Å²) in [6.07, 6.45) is 1.98. The van der Waals surface area contributed by atoms with Crippen molar-refractivity contribution >= 4 is 0 Å². The van der Waals surface area contributed by atoms with Gasteiger partial charge in [-0.1, -0.05) is 30.3 Å². The van der Waals surface area contributed by atoms with E-state index in [1.54, 1.807) is 0 Å². The van der Waals surface area contributed by atoms with Crippen LogP contribution in [0.3, 0.4) is 0 Å². The molecule has 3 rings (SSSR count). The Morgan fingerprint density at radius 1 is 1.05 bits per heavy atom. The number of ether oxygens (including phenoxy) is 3. The van der Waals surface area contributed by atoms with Gasteiger partial charge >= 0.3 is 0 Å². The minimum Gasteiger partial charge on any atom is -0.493 e. The first-order valence-electron chi connectivity index (χ1n) is 7.64. The zero-order chi connectivity index (χ0) is 15.2. The highest BCUT2D eigenvalue weighted by Crippen LogP contribution is 2.35. The molecule has 1 heterocycles. The molecule has 1 unspecified atom stereocenters. The summed E-state index contributed by atoms with van der Waals surface area (Å²) in [5.41, 5.74) is 7.19. The van der Waals surface area contributed by atoms with Crippen molar-refractivity contribution in [2.24, 2.45) is 5.73 Å². The normalized spacial score (nSPS) is 13.9. The first kappa shape index (κ1) is 14.7. The Labute approximate surface area is 130 Å². The van der Waals surface area contributed by atoms with Crippen LogP contribution >= 0.6 is 0 Å². The second-order valence-corrected chi connectivity index (χ2v) is 5.35. The summed E-state index contributed by atoms with van der Waals surface area (Å²) >= 11 is 0. The lowest BCUT2D eigenvalue weighted by molar-refractivity contribution is 0.173. The highest BCUT2D eigenvalue weighted by Gasteiger charge is 2.14. The van der Waals surface area contributed by atoms with Gasteiger partial charge < -0.3 is 19.9 Å². The third-order valence-electron chi connectivity index (χ3n) is 3.87. The quantitative estimate of drug-likeness (QED) is 0.797. The molecule has 116 valence electrons. The van der Waals surface area contributed by atoms with Gasteiger partial charge in [0.05, 0.1) is 6.61 Å². The molecule has 0 saturated carbocycles. The predicted molar refractivity (Wildman–Crippen MR) is 85.5 cm³/mol. The van der Waals surface area contributed by atoms with Crippen LogP contribution in [0.15, 0.2) is 48.5 Å². The van der Waals surface area contributed by atoms with Gasteiger partial charge in [0.1, 0.15) is 5.75 Å². The lowest BCUT2D eigenvalue weighted by atomic mass is 9.95. The van der Waals surface area contributed by atoms with Crippen LogP contribution in [-0.4, -0.2) is 19.9 Å². The average Bonchev–Trinajstić information content (AvgIpc) is 3.03. The van der Waals surface area contributed by atoms with Crippen molar-refractivity contribution in [1.82, 2.24) is 0 Å². The molecule has 2 N–H and O–H groups in total. The SMILES string of the molecule is NCC(CCCOc1ccc2c(c1)OCO2)c1ccccc1. The van der Waals surface area contributed by atoms with Crippen molar-refractivity contribution in [3.05, 3.63) is 54.1 Å². The Kier molecular flexibility index (Phi) is 4.81. The Bertz CT molecular complexity index is 601. The van der Waals surface area contributed by atoms with Crippen LogP contribution in [0.1, 0.15) is 24.3 Å². The molecule has 0 spiro atoms. The van der Waals surface area contributed by atoms with Gasteiger partial charge in [0.15, 0.2) is 11.5 Å². The standard InChI is InChI=1S/C18H21NO3/c19-12-15(14-5-2-1-3-6-14)7-4-10-20-16-8-9-17-18(11-16)22-13-21-17/h1-3,5-6,8-9,11,15H,4,7,10,12-13,19H2. The lowest BCUT2D eigenvalue weighted by Gasteiger charge is -2.15. The fourth-order valence-corrected chi connectivity index (χ4v) is 2.63. The van der Waals surface area contributed by atoms with E-state index in [-0.39, 0.29) is 6.79 Å². The average molecular weight is 299 g/mol. The molecule has 1 atom stereocenters. The summed E-state index contributed by atoms with van der Waals surface area (Å²) in [6, 6.07) is 16.1. The van der Waals surface area contributed by atoms with Crippen molar-refractivity contribution < 1.29 is 14.2 Å². The summed E-state index contributed by atoms with van der Waals surface area (Å²) < 4.78 is 16.4. The minimum atomic E-state index is 0.286. The first-order valence-corrected chi connectivity index (χ1v) is 7.64. The van der Waals surface area contributed by atoms with Gasteiger partial charge in [-0.3, -0.25) is 0 Å². The zero-order valence-corrected chi connectivity index (χ0v) is 12.5. The molecular weight excluding hydrogens is 278 g/mol. The van der Waals surface area contributed by atoms with Crippen molar-refractivity contribution in [2.75, 3.05) is 19.9 Å². The van der Waals surface area contributed by atoms with Crippen LogP contribution in [0.4, 0.5) is 0 Å². The zero-order valence-electron chi connectivity index (χ0n) is 12.5. The largest absolute Gasteiger partial charge is 0.493 e. The molecule has 0 saturated heterocycles. The van der Waals surface area contributed by atoms with Crippen LogP contribution < -0.4 is 19.9 Å². The maximum absolute atomic E-state index is 5.89. The number of fused-ring (bicyclic) bond motifs is 1. The summed E-state index contributed by atoms with van der Waals surface area (Å²) in [5.74, 6) is 2.73. The summed E-state index contributed by atoms with van der Waals surface area (Å²) in [7, 11) is 0. The van der Waals surface area contributed by atoms with Crippen LogP contribution in [-0.2, 0) is 0 Å². The Morgan fingerprint density at radius 3 is 2.68 bits per heavy atom. The van der Waals surface area contributed by atoms with Gasteiger partial charge in [0.25, 0.3) is 0 Å². The van der Waals surface area contributed by atoms with Gasteiger partial charge in [-0.15, -0.1) is 0 Å². The van der Waals surface area contributed by atoms with Gasteiger partial charge in [-0.25, -0.2) is 0 Å². The smallest absolute Gasteiger partial charge is 0.231 e. The molecule has 4 heteroatoms. The molecule has 1 aliphatic heterocycles. The molecule has 0 bridgehead atoms. The first-order chi connectivity index (χ1) is 10.9. The summed E-state index contributed by atoms with van der Waals surface area (Å²) in [6.45, 7) is 1.62.